The van der Waals surface area contributed by atoms with Gasteiger partial charge in [0.2, 0.25) is 0 Å². The largest absolute Gasteiger partial charge is 0.222 e. The Morgan fingerprint density at radius 1 is 0.551 bits per heavy atom. The minimum atomic E-state index is -4.33. The lowest BCUT2D eigenvalue weighted by molar-refractivity contribution is 0.534. The van der Waals surface area contributed by atoms with E-state index in [1.165, 1.54) is 10.4 Å². The molecule has 0 amide bonds. The molecule has 1 aliphatic carbocycles. The third-order valence-electron chi connectivity index (χ3n) is 10.4. The normalized spacial score (nSPS) is 18.7. The number of aryl methyl sites for hydroxylation is 2. The zero-order valence-corrected chi connectivity index (χ0v) is 33.3. The van der Waals surface area contributed by atoms with Crippen LogP contribution in [0.1, 0.15) is 24.0 Å². The first-order valence-corrected chi connectivity index (χ1v) is 26.5. The fourth-order valence-electron chi connectivity index (χ4n) is 7.06. The smallest absolute Gasteiger partial charge is 0.198 e. The molecule has 0 aliphatic heterocycles. The van der Waals surface area contributed by atoms with E-state index < -0.39 is 39.9 Å². The predicted octanol–water partition coefficient (Wildman–Crippen LogP) is 8.62. The molecular formula is C41H50O4S2Si2. The first kappa shape index (κ1) is 37.0. The first-order chi connectivity index (χ1) is 23.1. The van der Waals surface area contributed by atoms with Crippen molar-refractivity contribution in [2.24, 2.45) is 11.8 Å². The molecule has 4 aromatic carbocycles. The third-order valence-corrected chi connectivity index (χ3v) is 22.5. The second-order valence-corrected chi connectivity index (χ2v) is 29.3. The Hall–Kier alpha value is -3.31. The second kappa shape index (κ2) is 14.5. The van der Waals surface area contributed by atoms with Crippen LogP contribution in [0.5, 0.6) is 0 Å². The minimum Gasteiger partial charge on any atom is -0.222 e. The Bertz CT molecular complexity index is 1850. The molecule has 4 aromatic rings. The van der Waals surface area contributed by atoms with E-state index in [-0.39, 0.29) is 34.5 Å². The van der Waals surface area contributed by atoms with Crippen molar-refractivity contribution < 1.29 is 16.8 Å². The van der Waals surface area contributed by atoms with Crippen molar-refractivity contribution in [2.45, 2.75) is 78.8 Å². The van der Waals surface area contributed by atoms with Gasteiger partial charge >= 0.3 is 0 Å². The van der Waals surface area contributed by atoms with Crippen LogP contribution in [0.15, 0.2) is 143 Å². The van der Waals surface area contributed by atoms with Gasteiger partial charge in [-0.25, -0.2) is 16.8 Å². The highest BCUT2D eigenvalue weighted by atomic mass is 32.3. The summed E-state index contributed by atoms with van der Waals surface area (Å²) >= 11 is 0. The average Bonchev–Trinajstić information content (AvgIpc) is 3.46. The maximum atomic E-state index is 14.9. The van der Waals surface area contributed by atoms with Gasteiger partial charge in [0.1, 0.15) is 0 Å². The van der Waals surface area contributed by atoms with Gasteiger partial charge in [-0.2, -0.15) is 0 Å². The second-order valence-electron chi connectivity index (χ2n) is 15.0. The molecule has 0 aromatic heterocycles. The molecule has 0 bridgehead atoms. The standard InChI is InChI=1S/C41H50O4S2Si2/c1-33-21-25-37(26-22-33)46(42,43)41(47(44,45)38-27-23-34(2)24-28-38)31-35(15-13-29-48(3,4)39-17-9-7-10-18-39)36(32-41)16-14-30-49(5,6)40-19-11-8-12-20-40/h7-28,35-36H,29-32H2,1-6H3/b15-13-,16-14+/t35-,36-/m1/s1. The maximum absolute atomic E-state index is 14.9. The van der Waals surface area contributed by atoms with Crippen LogP contribution < -0.4 is 10.4 Å². The predicted molar refractivity (Wildman–Crippen MR) is 211 cm³/mol. The molecular weight excluding hydrogens is 677 g/mol. The van der Waals surface area contributed by atoms with Crippen LogP contribution in [0, 0.1) is 25.7 Å². The Kier molecular flexibility index (Phi) is 10.9. The van der Waals surface area contributed by atoms with Crippen molar-refractivity contribution in [3.63, 3.8) is 0 Å². The molecule has 1 fully saturated rings. The topological polar surface area (TPSA) is 68.3 Å². The summed E-state index contributed by atoms with van der Waals surface area (Å²) in [7, 11) is -12.3. The molecule has 1 saturated carbocycles. The Morgan fingerprint density at radius 2 is 0.878 bits per heavy atom. The summed E-state index contributed by atoms with van der Waals surface area (Å²) in [5, 5.41) is 2.71. The zero-order chi connectivity index (χ0) is 35.5. The van der Waals surface area contributed by atoms with Gasteiger partial charge in [0.25, 0.3) is 0 Å². The zero-order valence-electron chi connectivity index (χ0n) is 29.6. The number of sulfone groups is 2. The summed E-state index contributed by atoms with van der Waals surface area (Å²) in [6.45, 7) is 13.1. The molecule has 4 nitrogen and oxygen atoms in total. The lowest BCUT2D eigenvalue weighted by Gasteiger charge is -2.29. The fraction of sp³-hybridized carbons (Fsp3) is 0.317. The highest BCUT2D eigenvalue weighted by Gasteiger charge is 2.61. The summed E-state index contributed by atoms with van der Waals surface area (Å²) in [5.74, 6) is -0.530. The van der Waals surface area contributed by atoms with Crippen molar-refractivity contribution >= 4 is 46.2 Å². The van der Waals surface area contributed by atoms with Crippen LogP contribution in [0.25, 0.3) is 0 Å². The van der Waals surface area contributed by atoms with Gasteiger partial charge in [0.05, 0.1) is 25.9 Å². The first-order valence-electron chi connectivity index (χ1n) is 17.2. The number of allylic oxidation sites excluding steroid dienone is 4. The van der Waals surface area contributed by atoms with E-state index in [2.05, 4.69) is 99.0 Å². The van der Waals surface area contributed by atoms with Crippen LogP contribution in [-0.2, 0) is 19.7 Å². The number of hydrogen-bond donors (Lipinski definition) is 0. The molecule has 258 valence electrons. The maximum Gasteiger partial charge on any atom is 0.198 e. The number of rotatable bonds is 12. The monoisotopic (exact) mass is 726 g/mol. The number of hydrogen-bond acceptors (Lipinski definition) is 4. The minimum absolute atomic E-state index is 0.00223. The highest BCUT2D eigenvalue weighted by Crippen LogP contribution is 2.53. The quantitative estimate of drug-likeness (QED) is 0.108. The van der Waals surface area contributed by atoms with Gasteiger partial charge in [-0.05, 0) is 74.9 Å². The lowest BCUT2D eigenvalue weighted by Crippen LogP contribution is -2.44. The summed E-state index contributed by atoms with van der Waals surface area (Å²) in [5.41, 5.74) is 1.83. The van der Waals surface area contributed by atoms with Crippen molar-refractivity contribution in [3.8, 4) is 0 Å². The molecule has 2 atom stereocenters. The average molecular weight is 727 g/mol. The van der Waals surface area contributed by atoms with E-state index in [0.29, 0.717) is 0 Å². The molecule has 0 heterocycles. The van der Waals surface area contributed by atoms with E-state index in [9.17, 15) is 16.8 Å². The van der Waals surface area contributed by atoms with Gasteiger partial charge in [0.15, 0.2) is 23.8 Å². The third kappa shape index (κ3) is 7.72. The van der Waals surface area contributed by atoms with Crippen molar-refractivity contribution in [3.05, 3.63) is 145 Å². The van der Waals surface area contributed by atoms with E-state index >= 15 is 0 Å². The van der Waals surface area contributed by atoms with Crippen LogP contribution in [0.4, 0.5) is 0 Å². The summed E-state index contributed by atoms with van der Waals surface area (Å²) in [6, 6.07) is 36.1. The molecule has 0 radical (unpaired) electrons. The molecule has 0 spiro atoms. The van der Waals surface area contributed by atoms with Crippen LogP contribution in [0.3, 0.4) is 0 Å². The van der Waals surface area contributed by atoms with Gasteiger partial charge < -0.3 is 0 Å². The summed E-state index contributed by atoms with van der Waals surface area (Å²) in [4.78, 5) is 0.104. The van der Waals surface area contributed by atoms with Crippen molar-refractivity contribution in [1.29, 1.82) is 0 Å². The highest BCUT2D eigenvalue weighted by molar-refractivity contribution is 8.10. The lowest BCUT2D eigenvalue weighted by atomic mass is 9.95. The molecule has 0 N–H and O–H groups in total. The molecule has 0 saturated heterocycles. The van der Waals surface area contributed by atoms with Gasteiger partial charge in [0, 0.05) is 0 Å². The molecule has 8 heteroatoms. The summed E-state index contributed by atoms with van der Waals surface area (Å²) < 4.78 is 57.5. The molecule has 1 aliphatic rings. The SMILES string of the molecule is Cc1ccc(S(=O)(=O)C2(S(=O)(=O)c3ccc(C)cc3)C[C@@H](/C=C\C[Si](C)(C)c3ccccc3)[C@H](/C=C/C[Si](C)(C)c3ccccc3)C2)cc1. The van der Waals surface area contributed by atoms with Crippen LogP contribution >= 0.6 is 0 Å². The van der Waals surface area contributed by atoms with Crippen LogP contribution in [-0.4, -0.2) is 37.1 Å². The van der Waals surface area contributed by atoms with Gasteiger partial charge in [-0.1, -0.05) is 157 Å². The van der Waals surface area contributed by atoms with E-state index in [1.807, 2.05) is 26.0 Å². The van der Waals surface area contributed by atoms with E-state index in [4.69, 9.17) is 0 Å². The van der Waals surface area contributed by atoms with Crippen LogP contribution in [0.2, 0.25) is 38.3 Å². The Morgan fingerprint density at radius 3 is 1.20 bits per heavy atom. The fourth-order valence-corrected chi connectivity index (χ4v) is 16.4. The van der Waals surface area contributed by atoms with Crippen molar-refractivity contribution in [2.75, 3.05) is 0 Å². The molecule has 49 heavy (non-hydrogen) atoms. The van der Waals surface area contributed by atoms with E-state index in [0.717, 1.165) is 23.2 Å². The van der Waals surface area contributed by atoms with Gasteiger partial charge in [-0.15, -0.1) is 0 Å². The van der Waals surface area contributed by atoms with Crippen molar-refractivity contribution in [1.82, 2.24) is 0 Å². The Labute approximate surface area is 296 Å². The number of benzene rings is 4. The summed E-state index contributed by atoms with van der Waals surface area (Å²) in [6.07, 6.45) is 8.64. The molecule has 5 rings (SSSR count). The van der Waals surface area contributed by atoms with Gasteiger partial charge in [-0.3, -0.25) is 0 Å². The molecule has 0 unspecified atom stereocenters. The Balaban J connectivity index is 1.59. The van der Waals surface area contributed by atoms with E-state index in [1.54, 1.807) is 48.5 Å².